The Morgan fingerprint density at radius 2 is 2.06 bits per heavy atom. The van der Waals surface area contributed by atoms with Crippen LogP contribution in [-0.4, -0.2) is 36.1 Å². The molecule has 1 unspecified atom stereocenters. The Bertz CT molecular complexity index is 242. The molecule has 2 fully saturated rings. The highest BCUT2D eigenvalue weighted by atomic mass is 16.5. The van der Waals surface area contributed by atoms with Crippen molar-refractivity contribution < 1.29 is 9.53 Å². The molecule has 0 spiro atoms. The van der Waals surface area contributed by atoms with Gasteiger partial charge in [0.05, 0.1) is 6.10 Å². The first kappa shape index (κ1) is 11.9. The fraction of sp³-hybridized carbons (Fsp3) is 0.923. The normalized spacial score (nSPS) is 25.8. The van der Waals surface area contributed by atoms with Crippen molar-refractivity contribution in [3.63, 3.8) is 0 Å². The van der Waals surface area contributed by atoms with E-state index in [2.05, 4.69) is 13.8 Å². The fourth-order valence-electron chi connectivity index (χ4n) is 2.29. The minimum atomic E-state index is 0.277. The summed E-state index contributed by atoms with van der Waals surface area (Å²) < 4.78 is 5.72. The van der Waals surface area contributed by atoms with E-state index in [4.69, 9.17) is 4.74 Å². The van der Waals surface area contributed by atoms with Crippen LogP contribution < -0.4 is 0 Å². The molecule has 16 heavy (non-hydrogen) atoms. The molecule has 2 rings (SSSR count). The highest BCUT2D eigenvalue weighted by molar-refractivity contribution is 5.81. The SMILES string of the molecule is CC(C)N(CC1CCCCO1)C(=O)C1CC1. The number of ether oxygens (including phenoxy) is 1. The molecular formula is C13H23NO2. The van der Waals surface area contributed by atoms with Gasteiger partial charge in [-0.05, 0) is 46.0 Å². The van der Waals surface area contributed by atoms with Crippen molar-refractivity contribution in [2.24, 2.45) is 5.92 Å². The van der Waals surface area contributed by atoms with Gasteiger partial charge < -0.3 is 9.64 Å². The predicted octanol–water partition coefficient (Wildman–Crippen LogP) is 2.20. The molecule has 0 aromatic heterocycles. The van der Waals surface area contributed by atoms with E-state index in [1.165, 1.54) is 12.8 Å². The highest BCUT2D eigenvalue weighted by Crippen LogP contribution is 2.32. The molecule has 1 saturated heterocycles. The van der Waals surface area contributed by atoms with E-state index in [0.717, 1.165) is 32.4 Å². The Labute approximate surface area is 98.1 Å². The fourth-order valence-corrected chi connectivity index (χ4v) is 2.29. The van der Waals surface area contributed by atoms with Crippen molar-refractivity contribution in [1.82, 2.24) is 4.90 Å². The predicted molar refractivity (Wildman–Crippen MR) is 63.2 cm³/mol. The molecule has 92 valence electrons. The van der Waals surface area contributed by atoms with Crippen LogP contribution in [-0.2, 0) is 9.53 Å². The molecule has 0 radical (unpaired) electrons. The molecule has 1 atom stereocenters. The van der Waals surface area contributed by atoms with Crippen LogP contribution in [0, 0.1) is 5.92 Å². The lowest BCUT2D eigenvalue weighted by Crippen LogP contribution is -2.44. The summed E-state index contributed by atoms with van der Waals surface area (Å²) in [5, 5.41) is 0. The topological polar surface area (TPSA) is 29.5 Å². The number of amides is 1. The minimum Gasteiger partial charge on any atom is -0.376 e. The zero-order valence-corrected chi connectivity index (χ0v) is 10.4. The lowest BCUT2D eigenvalue weighted by molar-refractivity contribution is -0.137. The van der Waals surface area contributed by atoms with Crippen LogP contribution in [0.3, 0.4) is 0 Å². The maximum atomic E-state index is 12.1. The Kier molecular flexibility index (Phi) is 3.85. The summed E-state index contributed by atoms with van der Waals surface area (Å²) in [5.41, 5.74) is 0. The molecule has 1 saturated carbocycles. The minimum absolute atomic E-state index is 0.277. The first-order chi connectivity index (χ1) is 7.68. The van der Waals surface area contributed by atoms with Gasteiger partial charge in [-0.1, -0.05) is 0 Å². The van der Waals surface area contributed by atoms with E-state index in [0.29, 0.717) is 17.9 Å². The monoisotopic (exact) mass is 225 g/mol. The van der Waals surface area contributed by atoms with Gasteiger partial charge in [-0.3, -0.25) is 4.79 Å². The van der Waals surface area contributed by atoms with Crippen molar-refractivity contribution in [3.8, 4) is 0 Å². The summed E-state index contributed by atoms with van der Waals surface area (Å²) in [6.07, 6.45) is 5.99. The van der Waals surface area contributed by atoms with E-state index in [1.807, 2.05) is 4.90 Å². The van der Waals surface area contributed by atoms with E-state index >= 15 is 0 Å². The van der Waals surface area contributed by atoms with Crippen LogP contribution in [0.4, 0.5) is 0 Å². The molecule has 0 aromatic carbocycles. The smallest absolute Gasteiger partial charge is 0.225 e. The van der Waals surface area contributed by atoms with Gasteiger partial charge in [-0.15, -0.1) is 0 Å². The van der Waals surface area contributed by atoms with Gasteiger partial charge in [0.2, 0.25) is 5.91 Å². The molecule has 0 N–H and O–H groups in total. The Balaban J connectivity index is 1.88. The van der Waals surface area contributed by atoms with Gasteiger partial charge in [-0.2, -0.15) is 0 Å². The highest BCUT2D eigenvalue weighted by Gasteiger charge is 2.35. The summed E-state index contributed by atoms with van der Waals surface area (Å²) in [6.45, 7) is 5.87. The van der Waals surface area contributed by atoms with E-state index in [9.17, 15) is 4.79 Å². The first-order valence-corrected chi connectivity index (χ1v) is 6.60. The number of hydrogen-bond acceptors (Lipinski definition) is 2. The second-order valence-electron chi connectivity index (χ2n) is 5.35. The maximum Gasteiger partial charge on any atom is 0.225 e. The van der Waals surface area contributed by atoms with Gasteiger partial charge in [0.1, 0.15) is 0 Å². The van der Waals surface area contributed by atoms with Crippen LogP contribution in [0.1, 0.15) is 46.0 Å². The Morgan fingerprint density at radius 1 is 1.31 bits per heavy atom. The molecule has 3 nitrogen and oxygen atoms in total. The van der Waals surface area contributed by atoms with Crippen molar-refractivity contribution in [3.05, 3.63) is 0 Å². The zero-order valence-electron chi connectivity index (χ0n) is 10.4. The average molecular weight is 225 g/mol. The van der Waals surface area contributed by atoms with Gasteiger partial charge in [0, 0.05) is 25.1 Å². The standard InChI is InChI=1S/C13H23NO2/c1-10(2)14(13(15)11-6-7-11)9-12-5-3-4-8-16-12/h10-12H,3-9H2,1-2H3. The van der Waals surface area contributed by atoms with Crippen molar-refractivity contribution in [1.29, 1.82) is 0 Å². The quantitative estimate of drug-likeness (QED) is 0.734. The summed E-state index contributed by atoms with van der Waals surface area (Å²) in [4.78, 5) is 14.1. The molecule has 3 heteroatoms. The summed E-state index contributed by atoms with van der Waals surface area (Å²) >= 11 is 0. The maximum absolute atomic E-state index is 12.1. The molecule has 1 amide bonds. The third-order valence-electron chi connectivity index (χ3n) is 3.51. The van der Waals surface area contributed by atoms with Gasteiger partial charge in [0.25, 0.3) is 0 Å². The molecule has 2 aliphatic rings. The van der Waals surface area contributed by atoms with E-state index in [1.54, 1.807) is 0 Å². The number of nitrogens with zero attached hydrogens (tertiary/aromatic N) is 1. The number of rotatable bonds is 4. The Morgan fingerprint density at radius 3 is 2.56 bits per heavy atom. The average Bonchev–Trinajstić information content (AvgIpc) is 3.10. The van der Waals surface area contributed by atoms with Crippen LogP contribution >= 0.6 is 0 Å². The molecule has 0 aromatic rings. The van der Waals surface area contributed by atoms with Crippen LogP contribution in [0.25, 0.3) is 0 Å². The third-order valence-corrected chi connectivity index (χ3v) is 3.51. The molecule has 0 bridgehead atoms. The zero-order chi connectivity index (χ0) is 11.5. The largest absolute Gasteiger partial charge is 0.376 e. The van der Waals surface area contributed by atoms with E-state index < -0.39 is 0 Å². The second kappa shape index (κ2) is 5.17. The van der Waals surface area contributed by atoms with Crippen LogP contribution in [0.5, 0.6) is 0 Å². The molecule has 1 aliphatic heterocycles. The summed E-state index contributed by atoms with van der Waals surface area (Å²) in [5.74, 6) is 0.676. The lowest BCUT2D eigenvalue weighted by Gasteiger charge is -2.32. The van der Waals surface area contributed by atoms with Gasteiger partial charge in [-0.25, -0.2) is 0 Å². The molecule has 1 aliphatic carbocycles. The van der Waals surface area contributed by atoms with E-state index in [-0.39, 0.29) is 6.10 Å². The van der Waals surface area contributed by atoms with Gasteiger partial charge in [0.15, 0.2) is 0 Å². The number of carbonyl (C=O) groups excluding carboxylic acids is 1. The first-order valence-electron chi connectivity index (χ1n) is 6.60. The third kappa shape index (κ3) is 2.97. The molecular weight excluding hydrogens is 202 g/mol. The number of carbonyl (C=O) groups is 1. The van der Waals surface area contributed by atoms with Gasteiger partial charge >= 0.3 is 0 Å². The van der Waals surface area contributed by atoms with Crippen molar-refractivity contribution in [2.75, 3.05) is 13.2 Å². The lowest BCUT2D eigenvalue weighted by atomic mass is 10.1. The second-order valence-corrected chi connectivity index (χ2v) is 5.35. The van der Waals surface area contributed by atoms with Crippen molar-refractivity contribution >= 4 is 5.91 Å². The van der Waals surface area contributed by atoms with Crippen molar-refractivity contribution in [2.45, 2.75) is 58.1 Å². The van der Waals surface area contributed by atoms with Crippen LogP contribution in [0.15, 0.2) is 0 Å². The Hall–Kier alpha value is -0.570. The molecule has 1 heterocycles. The number of hydrogen-bond donors (Lipinski definition) is 0. The summed E-state index contributed by atoms with van der Waals surface area (Å²) in [6, 6.07) is 0.304. The van der Waals surface area contributed by atoms with Crippen LogP contribution in [0.2, 0.25) is 0 Å². The summed E-state index contributed by atoms with van der Waals surface area (Å²) in [7, 11) is 0.